The zero-order valence-corrected chi connectivity index (χ0v) is 16.1. The second kappa shape index (κ2) is 8.27. The minimum Gasteiger partial charge on any atom is -0.371 e. The van der Waals surface area contributed by atoms with Crippen molar-refractivity contribution in [2.24, 2.45) is 0 Å². The number of morpholine rings is 1. The van der Waals surface area contributed by atoms with E-state index < -0.39 is 0 Å². The molecular formula is C22H21N5O2. The molecule has 1 amide bonds. The number of carbonyl (C=O) groups excluding carboxylic acids is 1. The summed E-state index contributed by atoms with van der Waals surface area (Å²) in [5.74, 6) is 0.487. The Hall–Kier alpha value is -3.47. The number of carbonyl (C=O) groups is 1. The number of hydrogen-bond acceptors (Lipinski definition) is 5. The normalized spacial score (nSPS) is 16.2. The Balaban J connectivity index is 1.77. The van der Waals surface area contributed by atoms with Gasteiger partial charge in [0.25, 0.3) is 0 Å². The first kappa shape index (κ1) is 18.9. The van der Waals surface area contributed by atoms with Crippen LogP contribution in [0.15, 0.2) is 48.5 Å². The van der Waals surface area contributed by atoms with Crippen molar-refractivity contribution in [1.29, 1.82) is 5.26 Å². The molecule has 4 rings (SSSR count). The van der Waals surface area contributed by atoms with Crippen molar-refractivity contribution in [3.8, 4) is 23.0 Å². The molecule has 1 atom stereocenters. The maximum Gasteiger partial charge on any atom is 0.212 e. The first-order chi connectivity index (χ1) is 14.2. The van der Waals surface area contributed by atoms with Crippen LogP contribution in [-0.4, -0.2) is 35.9 Å². The second-order valence-electron chi connectivity index (χ2n) is 6.84. The van der Waals surface area contributed by atoms with Crippen LogP contribution in [0.2, 0.25) is 0 Å². The fourth-order valence-corrected chi connectivity index (χ4v) is 3.56. The van der Waals surface area contributed by atoms with Crippen LogP contribution in [0.1, 0.15) is 22.8 Å². The van der Waals surface area contributed by atoms with Gasteiger partial charge in [0.15, 0.2) is 5.82 Å². The van der Waals surface area contributed by atoms with Crippen molar-refractivity contribution >= 4 is 12.2 Å². The topological polar surface area (TPSA) is 92.0 Å². The van der Waals surface area contributed by atoms with Crippen LogP contribution < -0.4 is 10.6 Å². The van der Waals surface area contributed by atoms with E-state index in [0.717, 1.165) is 41.2 Å². The highest BCUT2D eigenvalue weighted by atomic mass is 16.5. The van der Waals surface area contributed by atoms with E-state index in [4.69, 9.17) is 4.74 Å². The largest absolute Gasteiger partial charge is 0.371 e. The van der Waals surface area contributed by atoms with Gasteiger partial charge in [0, 0.05) is 24.2 Å². The summed E-state index contributed by atoms with van der Waals surface area (Å²) >= 11 is 0. The predicted molar refractivity (Wildman–Crippen MR) is 110 cm³/mol. The summed E-state index contributed by atoms with van der Waals surface area (Å²) < 4.78 is 7.61. The van der Waals surface area contributed by atoms with Gasteiger partial charge in [-0.25, -0.2) is 4.68 Å². The van der Waals surface area contributed by atoms with E-state index in [1.54, 1.807) is 10.7 Å². The maximum absolute atomic E-state index is 11.0. The third-order valence-electron chi connectivity index (χ3n) is 5.02. The Labute approximate surface area is 168 Å². The lowest BCUT2D eigenvalue weighted by Crippen LogP contribution is -2.33. The number of nitrogens with one attached hydrogen (secondary N) is 2. The van der Waals surface area contributed by atoms with Gasteiger partial charge in [0.1, 0.15) is 0 Å². The fraction of sp³-hybridized carbons (Fsp3) is 0.227. The summed E-state index contributed by atoms with van der Waals surface area (Å²) in [7, 11) is 0. The van der Waals surface area contributed by atoms with Gasteiger partial charge in [-0.15, -0.1) is 5.10 Å². The number of ether oxygens (including phenoxy) is 1. The molecule has 7 heteroatoms. The van der Waals surface area contributed by atoms with Crippen molar-refractivity contribution in [3.63, 3.8) is 0 Å². The average Bonchev–Trinajstić information content (AvgIpc) is 3.11. The summed E-state index contributed by atoms with van der Waals surface area (Å²) in [6.45, 7) is 4.27. The molecular weight excluding hydrogens is 366 g/mol. The molecule has 0 radical (unpaired) electrons. The molecule has 0 aliphatic carbocycles. The molecule has 0 bridgehead atoms. The number of benzene rings is 2. The predicted octanol–water partition coefficient (Wildman–Crippen LogP) is 2.95. The third kappa shape index (κ3) is 3.76. The lowest BCUT2D eigenvalue weighted by Gasteiger charge is -2.24. The minimum absolute atomic E-state index is 0.0382. The number of aromatic nitrogens is 2. The lowest BCUT2D eigenvalue weighted by atomic mass is 10.0. The molecule has 2 aromatic carbocycles. The van der Waals surface area contributed by atoms with E-state index in [1.807, 2.05) is 49.4 Å². The van der Waals surface area contributed by atoms with Crippen LogP contribution in [0.4, 0.5) is 5.82 Å². The summed E-state index contributed by atoms with van der Waals surface area (Å²) in [6.07, 6.45) is 0.655. The monoisotopic (exact) mass is 387 g/mol. The molecule has 0 spiro atoms. The van der Waals surface area contributed by atoms with Crippen molar-refractivity contribution in [1.82, 2.24) is 15.1 Å². The highest BCUT2D eigenvalue weighted by Gasteiger charge is 2.19. The molecule has 2 heterocycles. The molecule has 1 aliphatic rings. The standard InChI is InChI=1S/C22H21N5O2/c1-15-21(18-4-2-3-16(11-18)12-23)27(26-22(15)25-14-28)19-7-5-17(6-8-19)20-13-24-9-10-29-20/h2-8,11,14,20,24H,9-10,13H2,1H3,(H,25,26,28)/t20-/m1/s1. The van der Waals surface area contributed by atoms with Gasteiger partial charge in [-0.3, -0.25) is 4.79 Å². The Kier molecular flexibility index (Phi) is 5.38. The molecule has 0 saturated carbocycles. The van der Waals surface area contributed by atoms with Crippen LogP contribution in [0, 0.1) is 18.3 Å². The molecule has 0 unspecified atom stereocenters. The highest BCUT2D eigenvalue weighted by Crippen LogP contribution is 2.32. The molecule has 2 N–H and O–H groups in total. The number of nitrogens with zero attached hydrogens (tertiary/aromatic N) is 3. The molecule has 1 fully saturated rings. The quantitative estimate of drug-likeness (QED) is 0.657. The molecule has 146 valence electrons. The van der Waals surface area contributed by atoms with Gasteiger partial charge >= 0.3 is 0 Å². The van der Waals surface area contributed by atoms with Crippen LogP contribution in [0.25, 0.3) is 16.9 Å². The molecule has 1 aliphatic heterocycles. The van der Waals surface area contributed by atoms with Crippen LogP contribution in [-0.2, 0) is 9.53 Å². The van der Waals surface area contributed by atoms with E-state index >= 15 is 0 Å². The van der Waals surface area contributed by atoms with Crippen LogP contribution in [0.3, 0.4) is 0 Å². The molecule has 7 nitrogen and oxygen atoms in total. The maximum atomic E-state index is 11.0. The first-order valence-corrected chi connectivity index (χ1v) is 9.44. The van der Waals surface area contributed by atoms with Crippen molar-refractivity contribution in [2.45, 2.75) is 13.0 Å². The van der Waals surface area contributed by atoms with Gasteiger partial charge in [-0.05, 0) is 36.8 Å². The van der Waals surface area contributed by atoms with E-state index in [1.165, 1.54) is 0 Å². The van der Waals surface area contributed by atoms with Gasteiger partial charge in [-0.1, -0.05) is 24.3 Å². The zero-order chi connectivity index (χ0) is 20.2. The molecule has 29 heavy (non-hydrogen) atoms. The van der Waals surface area contributed by atoms with Gasteiger partial charge in [0.2, 0.25) is 6.41 Å². The first-order valence-electron chi connectivity index (χ1n) is 9.44. The van der Waals surface area contributed by atoms with E-state index in [2.05, 4.69) is 21.8 Å². The second-order valence-corrected chi connectivity index (χ2v) is 6.84. The van der Waals surface area contributed by atoms with E-state index in [9.17, 15) is 10.1 Å². The number of amides is 1. The average molecular weight is 387 g/mol. The van der Waals surface area contributed by atoms with Crippen LogP contribution >= 0.6 is 0 Å². The van der Waals surface area contributed by atoms with E-state index in [-0.39, 0.29) is 6.10 Å². The Morgan fingerprint density at radius 1 is 1.31 bits per heavy atom. The Morgan fingerprint density at radius 2 is 2.14 bits per heavy atom. The van der Waals surface area contributed by atoms with Crippen molar-refractivity contribution in [2.75, 3.05) is 25.0 Å². The van der Waals surface area contributed by atoms with Gasteiger partial charge in [0.05, 0.1) is 35.7 Å². The number of hydrogen-bond donors (Lipinski definition) is 2. The summed E-state index contributed by atoms with van der Waals surface area (Å²) in [5, 5.41) is 19.8. The Bertz CT molecular complexity index is 1060. The van der Waals surface area contributed by atoms with Gasteiger partial charge in [-0.2, -0.15) is 5.26 Å². The van der Waals surface area contributed by atoms with Gasteiger partial charge < -0.3 is 15.4 Å². The molecule has 1 aromatic heterocycles. The van der Waals surface area contributed by atoms with E-state index in [0.29, 0.717) is 24.4 Å². The summed E-state index contributed by atoms with van der Waals surface area (Å²) in [4.78, 5) is 11.0. The zero-order valence-electron chi connectivity index (χ0n) is 16.1. The van der Waals surface area contributed by atoms with Crippen molar-refractivity contribution < 1.29 is 9.53 Å². The van der Waals surface area contributed by atoms with Crippen molar-refractivity contribution in [3.05, 3.63) is 65.2 Å². The Morgan fingerprint density at radius 3 is 2.83 bits per heavy atom. The lowest BCUT2D eigenvalue weighted by molar-refractivity contribution is -0.105. The minimum atomic E-state index is 0.0382. The highest BCUT2D eigenvalue weighted by molar-refractivity contribution is 5.78. The number of anilines is 1. The summed E-state index contributed by atoms with van der Waals surface area (Å²) in [5.41, 5.74) is 5.04. The number of rotatable bonds is 5. The fourth-order valence-electron chi connectivity index (χ4n) is 3.56. The number of nitriles is 1. The SMILES string of the molecule is Cc1c(NC=O)nn(-c2ccc([C@H]3CNCCO3)cc2)c1-c1cccc(C#N)c1. The summed E-state index contributed by atoms with van der Waals surface area (Å²) in [6, 6.07) is 17.6. The smallest absolute Gasteiger partial charge is 0.212 e. The van der Waals surface area contributed by atoms with Crippen LogP contribution in [0.5, 0.6) is 0 Å². The molecule has 3 aromatic rings. The third-order valence-corrected chi connectivity index (χ3v) is 5.02. The molecule has 1 saturated heterocycles.